The van der Waals surface area contributed by atoms with Gasteiger partial charge in [0.05, 0.1) is 12.2 Å². The molecule has 1 N–H and O–H groups in total. The first-order chi connectivity index (χ1) is 15.8. The summed E-state index contributed by atoms with van der Waals surface area (Å²) >= 11 is 7.48. The number of Topliss-reactive ketones (excluding diaryl/α,β-unsaturated/α-hetero) is 1. The quantitative estimate of drug-likeness (QED) is 0.252. The van der Waals surface area contributed by atoms with Gasteiger partial charge in [0, 0.05) is 21.2 Å². The lowest BCUT2D eigenvalue weighted by Gasteiger charge is -2.25. The van der Waals surface area contributed by atoms with Crippen LogP contribution in [0.1, 0.15) is 35.9 Å². The summed E-state index contributed by atoms with van der Waals surface area (Å²) in [4.78, 5) is 28.7. The van der Waals surface area contributed by atoms with Crippen molar-refractivity contribution in [3.05, 3.63) is 86.6 Å². The minimum atomic E-state index is -0.744. The Balaban J connectivity index is 1.85. The number of aliphatic hydroxyl groups excluding tert-OH is 1. The largest absolute Gasteiger partial charge is 0.507 e. The van der Waals surface area contributed by atoms with Gasteiger partial charge in [0.25, 0.3) is 11.7 Å². The Morgan fingerprint density at radius 1 is 1.15 bits per heavy atom. The third-order valence-corrected chi connectivity index (χ3v) is 6.71. The van der Waals surface area contributed by atoms with Gasteiger partial charge in [0.1, 0.15) is 17.6 Å². The van der Waals surface area contributed by atoms with Crippen LogP contribution in [0.15, 0.2) is 65.6 Å². The highest BCUT2D eigenvalue weighted by Crippen LogP contribution is 2.45. The van der Waals surface area contributed by atoms with Crippen LogP contribution in [0.25, 0.3) is 5.76 Å². The molecule has 1 aliphatic heterocycles. The minimum absolute atomic E-state index is 0.0570. The third kappa shape index (κ3) is 4.54. The highest BCUT2D eigenvalue weighted by molar-refractivity contribution is 7.10. The van der Waals surface area contributed by atoms with E-state index in [9.17, 15) is 14.7 Å². The fourth-order valence-corrected chi connectivity index (χ4v) is 4.92. The summed E-state index contributed by atoms with van der Waals surface area (Å²) in [5, 5.41) is 13.7. The smallest absolute Gasteiger partial charge is 0.300 e. The molecule has 2 aromatic carbocycles. The van der Waals surface area contributed by atoms with Gasteiger partial charge < -0.3 is 9.84 Å². The van der Waals surface area contributed by atoms with Crippen LogP contribution >= 0.6 is 22.9 Å². The van der Waals surface area contributed by atoms with Gasteiger partial charge in [-0.3, -0.25) is 14.5 Å². The molecule has 0 saturated carbocycles. The molecule has 170 valence electrons. The Bertz CT molecular complexity index is 1230. The van der Waals surface area contributed by atoms with Crippen molar-refractivity contribution in [3.63, 3.8) is 0 Å². The van der Waals surface area contributed by atoms with Gasteiger partial charge in [-0.1, -0.05) is 37.6 Å². The predicted octanol–water partition coefficient (Wildman–Crippen LogP) is 6.37. The number of ether oxygens (including phenoxy) is 1. The molecule has 4 rings (SSSR count). The first-order valence-corrected chi connectivity index (χ1v) is 11.9. The standard InChI is InChI=1S/C26H24ClNO4S/c1-15(2)14-32-20-6-4-5-17(13-20)23(29)21-22(25-16(3)11-12-33-25)28(26(31)24(21)30)19-9-7-18(27)8-10-19/h4-13,15,22,29H,14H2,1-3H3/b23-21-. The van der Waals surface area contributed by atoms with Crippen LogP contribution < -0.4 is 9.64 Å². The molecule has 5 nitrogen and oxygen atoms in total. The first kappa shape index (κ1) is 23.1. The Hall–Kier alpha value is -3.09. The lowest BCUT2D eigenvalue weighted by Crippen LogP contribution is -2.29. The van der Waals surface area contributed by atoms with Crippen molar-refractivity contribution < 1.29 is 19.4 Å². The molecule has 0 bridgehead atoms. The molecule has 7 heteroatoms. The van der Waals surface area contributed by atoms with Gasteiger partial charge in [-0.15, -0.1) is 11.3 Å². The van der Waals surface area contributed by atoms with Crippen LogP contribution in [-0.4, -0.2) is 23.4 Å². The van der Waals surface area contributed by atoms with Gasteiger partial charge in [0.15, 0.2) is 0 Å². The van der Waals surface area contributed by atoms with E-state index in [4.69, 9.17) is 16.3 Å². The molecular weight excluding hydrogens is 458 g/mol. The van der Waals surface area contributed by atoms with Gasteiger partial charge in [-0.05, 0) is 66.2 Å². The number of aryl methyl sites for hydroxylation is 1. The summed E-state index contributed by atoms with van der Waals surface area (Å²) in [6.45, 7) is 6.55. The lowest BCUT2D eigenvalue weighted by molar-refractivity contribution is -0.132. The molecule has 1 amide bonds. The summed E-state index contributed by atoms with van der Waals surface area (Å²) < 4.78 is 5.78. The molecule has 1 unspecified atom stereocenters. The van der Waals surface area contributed by atoms with Gasteiger partial charge in [0.2, 0.25) is 0 Å². The molecule has 1 saturated heterocycles. The van der Waals surface area contributed by atoms with Crippen molar-refractivity contribution in [1.82, 2.24) is 0 Å². The Labute approximate surface area is 201 Å². The first-order valence-electron chi connectivity index (χ1n) is 10.6. The van der Waals surface area contributed by atoms with Crippen molar-refractivity contribution in [2.75, 3.05) is 11.5 Å². The van der Waals surface area contributed by atoms with E-state index in [0.29, 0.717) is 34.5 Å². The van der Waals surface area contributed by atoms with E-state index in [2.05, 4.69) is 0 Å². The maximum Gasteiger partial charge on any atom is 0.300 e. The van der Waals surface area contributed by atoms with Gasteiger partial charge >= 0.3 is 0 Å². The van der Waals surface area contributed by atoms with Crippen molar-refractivity contribution in [3.8, 4) is 5.75 Å². The number of thiophene rings is 1. The normalized spacial score (nSPS) is 17.7. The average molecular weight is 482 g/mol. The van der Waals surface area contributed by atoms with E-state index < -0.39 is 17.7 Å². The molecule has 3 aromatic rings. The zero-order valence-electron chi connectivity index (χ0n) is 18.5. The molecule has 1 aromatic heterocycles. The average Bonchev–Trinajstić information content (AvgIpc) is 3.33. The predicted molar refractivity (Wildman–Crippen MR) is 132 cm³/mol. The van der Waals surface area contributed by atoms with E-state index in [1.165, 1.54) is 16.2 Å². The fraction of sp³-hybridized carbons (Fsp3) is 0.231. The number of amides is 1. The SMILES string of the molecule is Cc1ccsc1C1/C(=C(/O)c2cccc(OCC(C)C)c2)C(=O)C(=O)N1c1ccc(Cl)cc1. The summed E-state index contributed by atoms with van der Waals surface area (Å²) in [6, 6.07) is 14.9. The van der Waals surface area contributed by atoms with Crippen molar-refractivity contribution >= 4 is 46.1 Å². The maximum absolute atomic E-state index is 13.2. The molecular formula is C26H24ClNO4S. The number of carbonyl (C=O) groups excluding carboxylic acids is 2. The Kier molecular flexibility index (Phi) is 6.58. The topological polar surface area (TPSA) is 66.8 Å². The van der Waals surface area contributed by atoms with E-state index >= 15 is 0 Å². The molecule has 1 atom stereocenters. The summed E-state index contributed by atoms with van der Waals surface area (Å²) in [5.41, 5.74) is 1.95. The number of nitrogens with zero attached hydrogens (tertiary/aromatic N) is 1. The van der Waals surface area contributed by atoms with E-state index in [-0.39, 0.29) is 11.3 Å². The summed E-state index contributed by atoms with van der Waals surface area (Å²) in [6.07, 6.45) is 0. The summed E-state index contributed by atoms with van der Waals surface area (Å²) in [5.74, 6) is -0.715. The number of hydrogen-bond donors (Lipinski definition) is 1. The molecule has 2 heterocycles. The highest BCUT2D eigenvalue weighted by atomic mass is 35.5. The van der Waals surface area contributed by atoms with Gasteiger partial charge in [-0.25, -0.2) is 0 Å². The second-order valence-electron chi connectivity index (χ2n) is 8.35. The van der Waals surface area contributed by atoms with Crippen molar-refractivity contribution in [2.24, 2.45) is 5.92 Å². The lowest BCUT2D eigenvalue weighted by atomic mass is 9.98. The molecule has 0 spiro atoms. The zero-order chi connectivity index (χ0) is 23.7. The van der Waals surface area contributed by atoms with Crippen LogP contribution in [-0.2, 0) is 9.59 Å². The van der Waals surface area contributed by atoms with E-state index in [1.54, 1.807) is 48.5 Å². The second kappa shape index (κ2) is 9.41. The van der Waals surface area contributed by atoms with E-state index in [1.807, 2.05) is 32.2 Å². The number of ketones is 1. The van der Waals surface area contributed by atoms with Crippen LogP contribution in [0.4, 0.5) is 5.69 Å². The minimum Gasteiger partial charge on any atom is -0.507 e. The van der Waals surface area contributed by atoms with Crippen LogP contribution in [0.2, 0.25) is 5.02 Å². The highest BCUT2D eigenvalue weighted by Gasteiger charge is 2.47. The van der Waals surface area contributed by atoms with Crippen molar-refractivity contribution in [2.45, 2.75) is 26.8 Å². The molecule has 0 aliphatic carbocycles. The third-order valence-electron chi connectivity index (χ3n) is 5.39. The number of aliphatic hydroxyl groups is 1. The molecule has 1 aliphatic rings. The Morgan fingerprint density at radius 3 is 2.52 bits per heavy atom. The van der Waals surface area contributed by atoms with Crippen LogP contribution in [0.5, 0.6) is 5.75 Å². The monoisotopic (exact) mass is 481 g/mol. The van der Waals surface area contributed by atoms with Crippen molar-refractivity contribution in [1.29, 1.82) is 0 Å². The number of carbonyl (C=O) groups is 2. The molecule has 0 radical (unpaired) electrons. The number of halogens is 1. The number of hydrogen-bond acceptors (Lipinski definition) is 5. The second-order valence-corrected chi connectivity index (χ2v) is 9.73. The molecule has 1 fully saturated rings. The number of benzene rings is 2. The Morgan fingerprint density at radius 2 is 1.88 bits per heavy atom. The zero-order valence-corrected chi connectivity index (χ0v) is 20.1. The van der Waals surface area contributed by atoms with Crippen LogP contribution in [0, 0.1) is 12.8 Å². The number of anilines is 1. The van der Waals surface area contributed by atoms with Gasteiger partial charge in [-0.2, -0.15) is 0 Å². The number of rotatable bonds is 6. The van der Waals surface area contributed by atoms with Crippen LogP contribution in [0.3, 0.4) is 0 Å². The maximum atomic E-state index is 13.2. The molecule has 33 heavy (non-hydrogen) atoms. The van der Waals surface area contributed by atoms with E-state index in [0.717, 1.165) is 10.4 Å². The fourth-order valence-electron chi connectivity index (χ4n) is 3.76. The summed E-state index contributed by atoms with van der Waals surface area (Å²) in [7, 11) is 0.